The minimum absolute atomic E-state index is 0.276. The van der Waals surface area contributed by atoms with E-state index in [1.165, 1.54) is 11.9 Å². The fourth-order valence-corrected chi connectivity index (χ4v) is 2.46. The number of hydrogen-bond acceptors (Lipinski definition) is 6. The summed E-state index contributed by atoms with van der Waals surface area (Å²) in [4.78, 5) is 35.3. The van der Waals surface area contributed by atoms with Gasteiger partial charge in [-0.3, -0.25) is 9.69 Å². The zero-order chi connectivity index (χ0) is 15.1. The molecule has 1 aromatic heterocycles. The zero-order valence-corrected chi connectivity index (χ0v) is 12.0. The van der Waals surface area contributed by atoms with Crippen LogP contribution in [-0.4, -0.2) is 65.9 Å². The number of nitrogens with zero attached hydrogens (tertiary/aromatic N) is 4. The van der Waals surface area contributed by atoms with Gasteiger partial charge in [0.05, 0.1) is 0 Å². The Balaban J connectivity index is 1.90. The molecule has 1 saturated heterocycles. The Morgan fingerprint density at radius 3 is 2.67 bits per heavy atom. The van der Waals surface area contributed by atoms with Crippen LogP contribution in [0.1, 0.15) is 5.56 Å². The Morgan fingerprint density at radius 2 is 2.05 bits per heavy atom. The van der Waals surface area contributed by atoms with Crippen molar-refractivity contribution in [3.05, 3.63) is 23.9 Å². The summed E-state index contributed by atoms with van der Waals surface area (Å²) in [5.74, 6) is 1.04. The molecule has 110 valence electrons. The molecule has 1 aromatic rings. The van der Waals surface area contributed by atoms with Gasteiger partial charge in [-0.15, -0.1) is 0 Å². The van der Waals surface area contributed by atoms with Gasteiger partial charge in [0.1, 0.15) is 17.7 Å². The molecule has 3 heterocycles. The van der Waals surface area contributed by atoms with Crippen molar-refractivity contribution in [3.8, 4) is 0 Å². The molecule has 21 heavy (non-hydrogen) atoms. The van der Waals surface area contributed by atoms with Crippen molar-refractivity contribution in [3.63, 3.8) is 0 Å². The van der Waals surface area contributed by atoms with Crippen molar-refractivity contribution in [1.29, 1.82) is 0 Å². The quantitative estimate of drug-likeness (QED) is 0.779. The van der Waals surface area contributed by atoms with E-state index in [0.717, 1.165) is 16.3 Å². The third kappa shape index (κ3) is 1.99. The number of rotatable bonds is 2. The van der Waals surface area contributed by atoms with E-state index in [9.17, 15) is 9.59 Å². The second kappa shape index (κ2) is 4.72. The van der Waals surface area contributed by atoms with Gasteiger partial charge in [0, 0.05) is 32.9 Å². The molecule has 2 N–H and O–H groups in total. The van der Waals surface area contributed by atoms with Crippen molar-refractivity contribution >= 4 is 23.6 Å². The average Bonchev–Trinajstić information content (AvgIpc) is 2.96. The SMILES string of the molecule is CNc1ccc(C2=NC3C(N2)C(=O)N(C)C(=O)N3C)cn1. The van der Waals surface area contributed by atoms with E-state index in [0.29, 0.717) is 5.84 Å². The van der Waals surface area contributed by atoms with Crippen LogP contribution in [-0.2, 0) is 4.79 Å². The summed E-state index contributed by atoms with van der Waals surface area (Å²) in [7, 11) is 4.90. The van der Waals surface area contributed by atoms with Gasteiger partial charge in [0.25, 0.3) is 5.91 Å². The molecule has 8 nitrogen and oxygen atoms in total. The van der Waals surface area contributed by atoms with E-state index in [1.54, 1.807) is 20.3 Å². The van der Waals surface area contributed by atoms with E-state index < -0.39 is 12.2 Å². The molecule has 3 rings (SSSR count). The Morgan fingerprint density at radius 1 is 1.29 bits per heavy atom. The maximum Gasteiger partial charge on any atom is 0.328 e. The minimum atomic E-state index is -0.545. The van der Waals surface area contributed by atoms with Crippen LogP contribution in [0.15, 0.2) is 23.3 Å². The van der Waals surface area contributed by atoms with Crippen molar-refractivity contribution < 1.29 is 9.59 Å². The van der Waals surface area contributed by atoms with E-state index in [1.807, 2.05) is 12.1 Å². The van der Waals surface area contributed by atoms with Gasteiger partial charge >= 0.3 is 6.03 Å². The second-order valence-electron chi connectivity index (χ2n) is 4.99. The number of urea groups is 1. The Kier molecular flexibility index (Phi) is 3.00. The number of anilines is 1. The number of likely N-dealkylation sites (N-methyl/N-ethyl adjacent to an activating group) is 2. The maximum atomic E-state index is 12.2. The van der Waals surface area contributed by atoms with Crippen LogP contribution in [0.25, 0.3) is 0 Å². The number of fused-ring (bicyclic) bond motifs is 1. The van der Waals surface area contributed by atoms with E-state index in [2.05, 4.69) is 20.6 Å². The molecule has 0 bridgehead atoms. The molecule has 2 aliphatic heterocycles. The van der Waals surface area contributed by atoms with Crippen LogP contribution in [0.4, 0.5) is 10.6 Å². The number of imide groups is 1. The number of amidine groups is 1. The zero-order valence-electron chi connectivity index (χ0n) is 12.0. The Labute approximate surface area is 121 Å². The van der Waals surface area contributed by atoms with Crippen molar-refractivity contribution in [2.75, 3.05) is 26.5 Å². The predicted molar refractivity (Wildman–Crippen MR) is 77.0 cm³/mol. The molecule has 0 radical (unpaired) electrons. The first-order chi connectivity index (χ1) is 10.0. The smallest absolute Gasteiger partial charge is 0.328 e. The van der Waals surface area contributed by atoms with Gasteiger partial charge in [-0.25, -0.2) is 14.8 Å². The number of amides is 3. The van der Waals surface area contributed by atoms with Crippen LogP contribution in [0.2, 0.25) is 0 Å². The molecule has 3 amide bonds. The number of pyridine rings is 1. The first-order valence-electron chi connectivity index (χ1n) is 6.56. The molecule has 2 atom stereocenters. The van der Waals surface area contributed by atoms with Crippen LogP contribution >= 0.6 is 0 Å². The Hall–Kier alpha value is -2.64. The number of carbonyl (C=O) groups excluding carboxylic acids is 2. The lowest BCUT2D eigenvalue weighted by molar-refractivity contribution is -0.133. The first kappa shape index (κ1) is 13.3. The fourth-order valence-electron chi connectivity index (χ4n) is 2.46. The highest BCUT2D eigenvalue weighted by atomic mass is 16.2. The van der Waals surface area contributed by atoms with E-state index in [4.69, 9.17) is 0 Å². The summed E-state index contributed by atoms with van der Waals surface area (Å²) in [6.07, 6.45) is 1.16. The second-order valence-corrected chi connectivity index (χ2v) is 4.99. The number of carbonyl (C=O) groups is 2. The van der Waals surface area contributed by atoms with Crippen molar-refractivity contribution in [2.24, 2.45) is 4.99 Å². The molecule has 8 heteroatoms. The van der Waals surface area contributed by atoms with Crippen LogP contribution < -0.4 is 10.6 Å². The third-order valence-electron chi connectivity index (χ3n) is 3.73. The highest BCUT2D eigenvalue weighted by Gasteiger charge is 2.46. The number of nitrogens with one attached hydrogen (secondary N) is 2. The summed E-state index contributed by atoms with van der Waals surface area (Å²) >= 11 is 0. The maximum absolute atomic E-state index is 12.2. The summed E-state index contributed by atoms with van der Waals surface area (Å²) in [6, 6.07) is 2.79. The highest BCUT2D eigenvalue weighted by Crippen LogP contribution is 2.22. The van der Waals surface area contributed by atoms with Crippen LogP contribution in [0, 0.1) is 0 Å². The Bertz CT molecular complexity index is 626. The molecule has 2 unspecified atom stereocenters. The lowest BCUT2D eigenvalue weighted by atomic mass is 10.1. The molecule has 2 aliphatic rings. The topological polar surface area (TPSA) is 89.9 Å². The van der Waals surface area contributed by atoms with Gasteiger partial charge in [-0.05, 0) is 12.1 Å². The normalized spacial score (nSPS) is 24.6. The first-order valence-corrected chi connectivity index (χ1v) is 6.56. The molecular formula is C13H16N6O2. The summed E-state index contributed by atoms with van der Waals surface area (Å²) < 4.78 is 0. The van der Waals surface area contributed by atoms with Gasteiger partial charge in [-0.1, -0.05) is 0 Å². The number of aromatic nitrogens is 1. The van der Waals surface area contributed by atoms with Crippen molar-refractivity contribution in [1.82, 2.24) is 20.1 Å². The fraction of sp³-hybridized carbons (Fsp3) is 0.385. The molecule has 0 spiro atoms. The molecule has 0 aliphatic carbocycles. The summed E-state index contributed by atoms with van der Waals surface area (Å²) in [5, 5.41) is 6.02. The lowest BCUT2D eigenvalue weighted by Crippen LogP contribution is -2.63. The summed E-state index contributed by atoms with van der Waals surface area (Å²) in [6.45, 7) is 0. The van der Waals surface area contributed by atoms with Gasteiger partial charge in [0.15, 0.2) is 6.17 Å². The van der Waals surface area contributed by atoms with Crippen molar-refractivity contribution in [2.45, 2.75) is 12.2 Å². The van der Waals surface area contributed by atoms with Gasteiger partial charge in [0.2, 0.25) is 0 Å². The standard InChI is InChI=1S/C13H16N6O2/c1-14-8-5-4-7(6-15-8)10-16-9-11(17-10)18(2)13(21)19(3)12(9)20/h4-6,9,11H,1-3H3,(H,14,15)(H,16,17). The third-order valence-corrected chi connectivity index (χ3v) is 3.73. The lowest BCUT2D eigenvalue weighted by Gasteiger charge is -2.36. The number of aliphatic imine (C=N–C) groups is 1. The molecule has 0 saturated carbocycles. The minimum Gasteiger partial charge on any atom is -0.373 e. The van der Waals surface area contributed by atoms with E-state index in [-0.39, 0.29) is 11.9 Å². The van der Waals surface area contributed by atoms with E-state index >= 15 is 0 Å². The predicted octanol–water partition coefficient (Wildman–Crippen LogP) is -0.308. The monoisotopic (exact) mass is 288 g/mol. The molecular weight excluding hydrogens is 272 g/mol. The number of hydrogen-bond donors (Lipinski definition) is 2. The van der Waals surface area contributed by atoms with Gasteiger partial charge in [-0.2, -0.15) is 0 Å². The molecule has 1 fully saturated rings. The van der Waals surface area contributed by atoms with Gasteiger partial charge < -0.3 is 15.5 Å². The van der Waals surface area contributed by atoms with Crippen LogP contribution in [0.5, 0.6) is 0 Å². The highest BCUT2D eigenvalue weighted by molar-refractivity contribution is 6.08. The molecule has 0 aromatic carbocycles. The largest absolute Gasteiger partial charge is 0.373 e. The average molecular weight is 288 g/mol. The van der Waals surface area contributed by atoms with Crippen LogP contribution in [0.3, 0.4) is 0 Å². The summed E-state index contributed by atoms with van der Waals surface area (Å²) in [5.41, 5.74) is 0.778.